The smallest absolute Gasteiger partial charge is 0.387 e. The van der Waals surface area contributed by atoms with Gasteiger partial charge in [0.2, 0.25) is 0 Å². The number of para-hydroxylation sites is 1. The van der Waals surface area contributed by atoms with Gasteiger partial charge < -0.3 is 29.6 Å². The Bertz CT molecular complexity index is 822. The van der Waals surface area contributed by atoms with Crippen molar-refractivity contribution in [2.75, 3.05) is 27.9 Å². The third kappa shape index (κ3) is 6.40. The normalized spacial score (nSPS) is 11.2. The van der Waals surface area contributed by atoms with E-state index in [-0.39, 0.29) is 12.3 Å². The maximum Gasteiger partial charge on any atom is 0.387 e. The lowest BCUT2D eigenvalue weighted by molar-refractivity contribution is -0.0504. The number of halogens is 2. The Morgan fingerprint density at radius 2 is 1.63 bits per heavy atom. The molecule has 2 aromatic carbocycles. The number of aliphatic imine (C=N–C) groups is 1. The quantitative estimate of drug-likeness (QED) is 0.450. The molecule has 0 saturated heterocycles. The van der Waals surface area contributed by atoms with Gasteiger partial charge in [-0.1, -0.05) is 18.2 Å². The number of nitrogens with zero attached hydrogens (tertiary/aromatic N) is 1. The zero-order valence-corrected chi connectivity index (χ0v) is 17.5. The van der Waals surface area contributed by atoms with Crippen LogP contribution in [-0.4, -0.2) is 40.4 Å². The van der Waals surface area contributed by atoms with Crippen molar-refractivity contribution in [2.45, 2.75) is 26.6 Å². The van der Waals surface area contributed by atoms with Gasteiger partial charge >= 0.3 is 6.61 Å². The molecule has 0 aliphatic heterocycles. The first-order valence-electron chi connectivity index (χ1n) is 9.36. The van der Waals surface area contributed by atoms with E-state index in [1.54, 1.807) is 51.7 Å². The highest BCUT2D eigenvalue weighted by Crippen LogP contribution is 2.33. The molecule has 0 unspecified atom stereocenters. The van der Waals surface area contributed by atoms with Gasteiger partial charge in [-0.3, -0.25) is 0 Å². The van der Waals surface area contributed by atoms with Gasteiger partial charge in [0.05, 0.1) is 40.0 Å². The first-order valence-corrected chi connectivity index (χ1v) is 9.36. The molecule has 0 heterocycles. The van der Waals surface area contributed by atoms with Crippen LogP contribution in [0.4, 0.5) is 8.78 Å². The number of alkyl halides is 2. The van der Waals surface area contributed by atoms with Gasteiger partial charge in [-0.15, -0.1) is 0 Å². The van der Waals surface area contributed by atoms with Crippen LogP contribution >= 0.6 is 0 Å². The van der Waals surface area contributed by atoms with E-state index in [9.17, 15) is 8.78 Å². The fourth-order valence-electron chi connectivity index (χ4n) is 2.78. The Morgan fingerprint density at radius 3 is 2.20 bits per heavy atom. The highest BCUT2D eigenvalue weighted by Gasteiger charge is 2.14. The van der Waals surface area contributed by atoms with Crippen molar-refractivity contribution in [1.29, 1.82) is 0 Å². The second-order valence-electron chi connectivity index (χ2n) is 6.05. The minimum absolute atomic E-state index is 0.102. The van der Waals surface area contributed by atoms with Crippen molar-refractivity contribution in [2.24, 2.45) is 4.99 Å². The maximum atomic E-state index is 12.6. The zero-order chi connectivity index (χ0) is 21.9. The third-order valence-electron chi connectivity index (χ3n) is 4.19. The summed E-state index contributed by atoms with van der Waals surface area (Å²) in [6.45, 7) is 0.181. The molecule has 0 aliphatic rings. The fraction of sp³-hybridized carbons (Fsp3) is 0.381. The molecule has 164 valence electrons. The molecule has 0 spiro atoms. The average Bonchev–Trinajstić information content (AvgIpc) is 2.75. The van der Waals surface area contributed by atoms with Crippen molar-refractivity contribution in [3.8, 4) is 23.0 Å². The van der Waals surface area contributed by atoms with E-state index in [1.807, 2.05) is 6.92 Å². The number of nitrogens with one attached hydrogen (secondary N) is 2. The second-order valence-corrected chi connectivity index (χ2v) is 6.05. The predicted molar refractivity (Wildman–Crippen MR) is 111 cm³/mol. The van der Waals surface area contributed by atoms with Gasteiger partial charge in [-0.2, -0.15) is 8.78 Å². The Kier molecular flexibility index (Phi) is 8.99. The van der Waals surface area contributed by atoms with Gasteiger partial charge in [-0.25, -0.2) is 4.99 Å². The molecule has 2 aromatic rings. The Hall–Kier alpha value is -3.23. The summed E-state index contributed by atoms with van der Waals surface area (Å²) in [6, 6.07) is 10.1. The molecule has 0 saturated carbocycles. The molecule has 0 radical (unpaired) electrons. The topological polar surface area (TPSA) is 73.3 Å². The van der Waals surface area contributed by atoms with Crippen LogP contribution < -0.4 is 29.6 Å². The fourth-order valence-corrected chi connectivity index (χ4v) is 2.78. The van der Waals surface area contributed by atoms with Crippen LogP contribution in [0.5, 0.6) is 23.0 Å². The lowest BCUT2D eigenvalue weighted by Crippen LogP contribution is -2.37. The molecule has 7 nitrogen and oxygen atoms in total. The van der Waals surface area contributed by atoms with E-state index in [0.29, 0.717) is 41.9 Å². The van der Waals surface area contributed by atoms with Gasteiger partial charge in [-0.05, 0) is 13.0 Å². The third-order valence-corrected chi connectivity index (χ3v) is 4.19. The van der Waals surface area contributed by atoms with Gasteiger partial charge in [0.1, 0.15) is 23.0 Å². The van der Waals surface area contributed by atoms with E-state index in [1.165, 1.54) is 6.07 Å². The summed E-state index contributed by atoms with van der Waals surface area (Å²) < 4.78 is 46.0. The SMILES string of the molecule is CCNC(=NCc1ccccc1OC(F)F)NCc1c(OC)cc(OC)cc1OC. The van der Waals surface area contributed by atoms with Gasteiger partial charge in [0, 0.05) is 24.2 Å². The van der Waals surface area contributed by atoms with Gasteiger partial charge in [0.25, 0.3) is 0 Å². The van der Waals surface area contributed by atoms with Crippen LogP contribution in [0, 0.1) is 0 Å². The zero-order valence-electron chi connectivity index (χ0n) is 17.5. The number of methoxy groups -OCH3 is 3. The minimum atomic E-state index is -2.89. The lowest BCUT2D eigenvalue weighted by Gasteiger charge is -2.17. The molecule has 9 heteroatoms. The summed E-state index contributed by atoms with van der Waals surface area (Å²) in [7, 11) is 4.70. The number of ether oxygens (including phenoxy) is 4. The number of hydrogen-bond donors (Lipinski definition) is 2. The average molecular weight is 423 g/mol. The highest BCUT2D eigenvalue weighted by atomic mass is 19.3. The standard InChI is InChI=1S/C21H27F2N3O4/c1-5-24-21(25-12-14-8-6-7-9-17(14)30-20(22)23)26-13-16-18(28-3)10-15(27-2)11-19(16)29-4/h6-11,20H,5,12-13H2,1-4H3,(H2,24,25,26). The first-order chi connectivity index (χ1) is 14.5. The van der Waals surface area contributed by atoms with Crippen LogP contribution in [0.25, 0.3) is 0 Å². The lowest BCUT2D eigenvalue weighted by atomic mass is 10.1. The molecular weight excluding hydrogens is 396 g/mol. The minimum Gasteiger partial charge on any atom is -0.496 e. The van der Waals surface area contributed by atoms with E-state index in [4.69, 9.17) is 14.2 Å². The molecule has 0 aliphatic carbocycles. The van der Waals surface area contributed by atoms with E-state index >= 15 is 0 Å². The van der Waals surface area contributed by atoms with E-state index < -0.39 is 6.61 Å². The van der Waals surface area contributed by atoms with Crippen molar-refractivity contribution in [1.82, 2.24) is 10.6 Å². The molecule has 0 aromatic heterocycles. The highest BCUT2D eigenvalue weighted by molar-refractivity contribution is 5.80. The molecule has 0 fully saturated rings. The van der Waals surface area contributed by atoms with Crippen LogP contribution in [0.2, 0.25) is 0 Å². The summed E-state index contributed by atoms with van der Waals surface area (Å²) in [5.41, 5.74) is 1.34. The molecular formula is C21H27F2N3O4. The van der Waals surface area contributed by atoms with Crippen molar-refractivity contribution in [3.63, 3.8) is 0 Å². The maximum absolute atomic E-state index is 12.6. The summed E-state index contributed by atoms with van der Waals surface area (Å²) in [6.07, 6.45) is 0. The monoisotopic (exact) mass is 423 g/mol. The number of guanidine groups is 1. The van der Waals surface area contributed by atoms with Crippen molar-refractivity contribution >= 4 is 5.96 Å². The molecule has 2 rings (SSSR count). The largest absolute Gasteiger partial charge is 0.496 e. The van der Waals surface area contributed by atoms with Crippen LogP contribution in [0.1, 0.15) is 18.1 Å². The summed E-state index contributed by atoms with van der Waals surface area (Å²) in [5.74, 6) is 2.42. The Morgan fingerprint density at radius 1 is 0.967 bits per heavy atom. The molecule has 0 amide bonds. The van der Waals surface area contributed by atoms with E-state index in [0.717, 1.165) is 5.56 Å². The number of rotatable bonds is 10. The summed E-state index contributed by atoms with van der Waals surface area (Å²) in [4.78, 5) is 4.47. The first kappa shape index (κ1) is 23.1. The van der Waals surface area contributed by atoms with Crippen molar-refractivity contribution in [3.05, 3.63) is 47.5 Å². The number of benzene rings is 2. The van der Waals surface area contributed by atoms with Crippen LogP contribution in [0.15, 0.2) is 41.4 Å². The second kappa shape index (κ2) is 11.7. The molecule has 2 N–H and O–H groups in total. The summed E-state index contributed by atoms with van der Waals surface area (Å²) >= 11 is 0. The van der Waals surface area contributed by atoms with Crippen LogP contribution in [-0.2, 0) is 13.1 Å². The van der Waals surface area contributed by atoms with Gasteiger partial charge in [0.15, 0.2) is 5.96 Å². The molecule has 0 bridgehead atoms. The molecule has 0 atom stereocenters. The predicted octanol–water partition coefficient (Wildman–Crippen LogP) is 3.57. The Balaban J connectivity index is 2.19. The van der Waals surface area contributed by atoms with Crippen molar-refractivity contribution < 1.29 is 27.7 Å². The number of hydrogen-bond acceptors (Lipinski definition) is 5. The Labute approximate surface area is 175 Å². The van der Waals surface area contributed by atoms with E-state index in [2.05, 4.69) is 20.4 Å². The van der Waals surface area contributed by atoms with Crippen LogP contribution in [0.3, 0.4) is 0 Å². The summed E-state index contributed by atoms with van der Waals surface area (Å²) in [5, 5.41) is 6.33. The molecule has 30 heavy (non-hydrogen) atoms.